The van der Waals surface area contributed by atoms with E-state index >= 15 is 0 Å². The molecule has 2 aromatic rings. The molecule has 10 heteroatoms. The number of hydrogen-bond acceptors (Lipinski definition) is 7. The Balaban J connectivity index is 1.69. The number of aryl methyl sites for hydroxylation is 2. The maximum absolute atomic E-state index is 12.4. The topological polar surface area (TPSA) is 107 Å². The maximum atomic E-state index is 12.4. The van der Waals surface area contributed by atoms with Crippen LogP contribution in [0.15, 0.2) is 28.5 Å². The molecule has 160 valence electrons. The van der Waals surface area contributed by atoms with Crippen molar-refractivity contribution in [2.45, 2.75) is 37.5 Å². The van der Waals surface area contributed by atoms with Gasteiger partial charge in [-0.1, -0.05) is 0 Å². The molecule has 0 atom stereocenters. The Morgan fingerprint density at radius 3 is 2.55 bits per heavy atom. The summed E-state index contributed by atoms with van der Waals surface area (Å²) in [5, 5.41) is 5.94. The molecule has 0 saturated carbocycles. The Morgan fingerprint density at radius 2 is 1.90 bits per heavy atom. The quantitative estimate of drug-likeness (QED) is 0.490. The zero-order valence-electron chi connectivity index (χ0n) is 16.9. The van der Waals surface area contributed by atoms with E-state index in [1.807, 2.05) is 12.3 Å². The van der Waals surface area contributed by atoms with Crippen molar-refractivity contribution in [1.82, 2.24) is 15.0 Å². The number of nitrogens with zero attached hydrogens (tertiary/aromatic N) is 1. The third-order valence-corrected chi connectivity index (χ3v) is 6.60. The van der Waals surface area contributed by atoms with Crippen molar-refractivity contribution < 1.29 is 22.7 Å². The van der Waals surface area contributed by atoms with Crippen LogP contribution in [0, 0.1) is 6.92 Å². The summed E-state index contributed by atoms with van der Waals surface area (Å²) in [7, 11) is -0.833. The van der Waals surface area contributed by atoms with Crippen molar-refractivity contribution >= 4 is 27.3 Å². The average Bonchev–Trinajstić information content (AvgIpc) is 3.12. The van der Waals surface area contributed by atoms with Crippen LogP contribution in [0.4, 0.5) is 0 Å². The van der Waals surface area contributed by atoms with E-state index in [2.05, 4.69) is 15.0 Å². The highest BCUT2D eigenvalue weighted by molar-refractivity contribution is 7.89. The minimum Gasteiger partial charge on any atom is -0.493 e. The van der Waals surface area contributed by atoms with Gasteiger partial charge >= 0.3 is 0 Å². The lowest BCUT2D eigenvalue weighted by molar-refractivity contribution is -0.120. The van der Waals surface area contributed by atoms with Crippen molar-refractivity contribution in [3.63, 3.8) is 0 Å². The first-order chi connectivity index (χ1) is 13.9. The molecule has 0 saturated heterocycles. The lowest BCUT2D eigenvalue weighted by Gasteiger charge is -2.11. The van der Waals surface area contributed by atoms with Gasteiger partial charge in [-0.05, 0) is 38.3 Å². The molecule has 1 aromatic carbocycles. The summed E-state index contributed by atoms with van der Waals surface area (Å²) in [6, 6.07) is 4.33. The van der Waals surface area contributed by atoms with E-state index in [0.717, 1.165) is 30.0 Å². The molecular weight excluding hydrogens is 414 g/mol. The molecule has 0 unspecified atom stereocenters. The van der Waals surface area contributed by atoms with Crippen LogP contribution < -0.4 is 19.5 Å². The van der Waals surface area contributed by atoms with E-state index in [4.69, 9.17) is 9.47 Å². The molecule has 2 N–H and O–H groups in total. The van der Waals surface area contributed by atoms with Gasteiger partial charge in [0.15, 0.2) is 11.5 Å². The van der Waals surface area contributed by atoms with Crippen molar-refractivity contribution in [3.8, 4) is 11.5 Å². The Labute approximate surface area is 175 Å². The number of nitrogens with one attached hydrogen (secondary N) is 2. The smallest absolute Gasteiger partial charge is 0.240 e. The fourth-order valence-electron chi connectivity index (χ4n) is 2.60. The van der Waals surface area contributed by atoms with Crippen LogP contribution in [-0.2, 0) is 21.2 Å². The molecule has 8 nitrogen and oxygen atoms in total. The largest absolute Gasteiger partial charge is 0.493 e. The molecular formula is C19H27N3O5S2. The van der Waals surface area contributed by atoms with Gasteiger partial charge in [-0.2, -0.15) is 0 Å². The van der Waals surface area contributed by atoms with Crippen LogP contribution in [0.2, 0.25) is 0 Å². The predicted molar refractivity (Wildman–Crippen MR) is 112 cm³/mol. The number of thiazole rings is 1. The maximum Gasteiger partial charge on any atom is 0.240 e. The lowest BCUT2D eigenvalue weighted by atomic mass is 10.2. The number of aromatic nitrogens is 1. The van der Waals surface area contributed by atoms with Gasteiger partial charge in [0.05, 0.1) is 24.1 Å². The highest BCUT2D eigenvalue weighted by atomic mass is 32.2. The fraction of sp³-hybridized carbons (Fsp3) is 0.474. The molecule has 0 bridgehead atoms. The van der Waals surface area contributed by atoms with Crippen LogP contribution in [0.1, 0.15) is 30.0 Å². The van der Waals surface area contributed by atoms with Crippen LogP contribution >= 0.6 is 11.3 Å². The number of rotatable bonds is 12. The Morgan fingerprint density at radius 1 is 1.14 bits per heavy atom. The first-order valence-corrected chi connectivity index (χ1v) is 11.6. The van der Waals surface area contributed by atoms with E-state index in [0.29, 0.717) is 18.0 Å². The van der Waals surface area contributed by atoms with Gasteiger partial charge in [0, 0.05) is 36.7 Å². The number of carbonyl (C=O) groups excluding carboxylic acids is 1. The first kappa shape index (κ1) is 23.1. The molecule has 0 aliphatic heterocycles. The second-order valence-corrected chi connectivity index (χ2v) is 9.06. The van der Waals surface area contributed by atoms with Gasteiger partial charge in [-0.15, -0.1) is 11.3 Å². The normalized spacial score (nSPS) is 11.3. The van der Waals surface area contributed by atoms with Crippen LogP contribution in [0.5, 0.6) is 11.5 Å². The van der Waals surface area contributed by atoms with Gasteiger partial charge in [0.1, 0.15) is 0 Å². The fourth-order valence-corrected chi connectivity index (χ4v) is 4.47. The molecule has 0 aliphatic rings. The molecule has 0 fully saturated rings. The van der Waals surface area contributed by atoms with Crippen LogP contribution in [-0.4, -0.2) is 46.6 Å². The van der Waals surface area contributed by atoms with Gasteiger partial charge < -0.3 is 14.8 Å². The van der Waals surface area contributed by atoms with E-state index in [-0.39, 0.29) is 23.8 Å². The molecule has 0 radical (unpaired) electrons. The lowest BCUT2D eigenvalue weighted by Crippen LogP contribution is -2.31. The Kier molecular flexibility index (Phi) is 8.87. The molecule has 1 heterocycles. The highest BCUT2D eigenvalue weighted by Gasteiger charge is 2.17. The van der Waals surface area contributed by atoms with E-state index in [1.165, 1.54) is 32.4 Å². The summed E-state index contributed by atoms with van der Waals surface area (Å²) in [4.78, 5) is 16.3. The van der Waals surface area contributed by atoms with Gasteiger partial charge in [-0.3, -0.25) is 4.79 Å². The van der Waals surface area contributed by atoms with Crippen LogP contribution in [0.3, 0.4) is 0 Å². The number of sulfonamides is 1. The van der Waals surface area contributed by atoms with Crippen molar-refractivity contribution in [1.29, 1.82) is 0 Å². The summed E-state index contributed by atoms with van der Waals surface area (Å²) in [5.41, 5.74) is 1.04. The summed E-state index contributed by atoms with van der Waals surface area (Å²) in [5.74, 6) is 0.571. The number of amides is 1. The van der Waals surface area contributed by atoms with Gasteiger partial charge in [0.25, 0.3) is 0 Å². The monoisotopic (exact) mass is 441 g/mol. The average molecular weight is 442 g/mol. The number of methoxy groups -OCH3 is 2. The van der Waals surface area contributed by atoms with Crippen molar-refractivity contribution in [3.05, 3.63) is 34.3 Å². The zero-order valence-corrected chi connectivity index (χ0v) is 18.5. The van der Waals surface area contributed by atoms with Gasteiger partial charge in [-0.25, -0.2) is 18.1 Å². The molecule has 2 rings (SSSR count). The second-order valence-electron chi connectivity index (χ2n) is 6.35. The molecule has 0 aliphatic carbocycles. The molecule has 1 aromatic heterocycles. The second kappa shape index (κ2) is 11.1. The van der Waals surface area contributed by atoms with Gasteiger partial charge in [0.2, 0.25) is 15.9 Å². The number of carbonyl (C=O) groups is 1. The predicted octanol–water partition coefficient (Wildman–Crippen LogP) is 2.28. The number of hydrogen-bond donors (Lipinski definition) is 2. The summed E-state index contributed by atoms with van der Waals surface area (Å²) in [6.07, 6.45) is 2.76. The molecule has 0 spiro atoms. The summed E-state index contributed by atoms with van der Waals surface area (Å²) in [6.45, 7) is 2.55. The highest BCUT2D eigenvalue weighted by Crippen LogP contribution is 2.29. The minimum absolute atomic E-state index is 0.0148. The summed E-state index contributed by atoms with van der Waals surface area (Å²) < 4.78 is 37.4. The zero-order chi connectivity index (χ0) is 21.3. The minimum atomic E-state index is -3.74. The number of unbranched alkanes of at least 4 members (excludes halogenated alkanes) is 1. The standard InChI is InChI=1S/C19H27N3O5S2/c1-14-13-28-19(22-14)6-4-5-10-20-18(23)9-11-21-29(24,25)15-7-8-16(26-2)17(12-15)27-3/h7-8,12-13,21H,4-6,9-11H2,1-3H3,(H,20,23). The number of benzene rings is 1. The summed E-state index contributed by atoms with van der Waals surface area (Å²) >= 11 is 1.65. The molecule has 1 amide bonds. The SMILES string of the molecule is COc1ccc(S(=O)(=O)NCCC(=O)NCCCCc2nc(C)cs2)cc1OC. The Hall–Kier alpha value is -2.17. The van der Waals surface area contributed by atoms with E-state index in [1.54, 1.807) is 11.3 Å². The third kappa shape index (κ3) is 7.30. The first-order valence-electron chi connectivity index (χ1n) is 9.25. The Bertz CT molecular complexity index is 912. The third-order valence-electron chi connectivity index (χ3n) is 4.12. The molecule has 29 heavy (non-hydrogen) atoms. The van der Waals surface area contributed by atoms with Crippen molar-refractivity contribution in [2.75, 3.05) is 27.3 Å². The van der Waals surface area contributed by atoms with E-state index in [9.17, 15) is 13.2 Å². The van der Waals surface area contributed by atoms with Crippen molar-refractivity contribution in [2.24, 2.45) is 0 Å². The number of ether oxygens (including phenoxy) is 2. The van der Waals surface area contributed by atoms with E-state index < -0.39 is 10.0 Å². The van der Waals surface area contributed by atoms with Crippen LogP contribution in [0.25, 0.3) is 0 Å².